The lowest BCUT2D eigenvalue weighted by Gasteiger charge is -2.16. The van der Waals surface area contributed by atoms with Gasteiger partial charge in [-0.05, 0) is 18.2 Å². The third kappa shape index (κ3) is 2.55. The molecule has 106 valence electrons. The highest BCUT2D eigenvalue weighted by atomic mass is 16.3. The normalized spacial score (nSPS) is 10.7. The Hall–Kier alpha value is -2.89. The minimum absolute atomic E-state index is 0.0865. The Labute approximate surface area is 121 Å². The van der Waals surface area contributed by atoms with E-state index in [0.717, 1.165) is 0 Å². The van der Waals surface area contributed by atoms with Gasteiger partial charge in [0.1, 0.15) is 11.5 Å². The minimum Gasteiger partial charge on any atom is -0.467 e. The van der Waals surface area contributed by atoms with Gasteiger partial charge in [0.25, 0.3) is 5.91 Å². The largest absolute Gasteiger partial charge is 0.467 e. The molecular formula is C15H14N4O2. The number of fused-ring (bicyclic) bond motifs is 1. The number of hydrogen-bond acceptors (Lipinski definition) is 5. The van der Waals surface area contributed by atoms with Gasteiger partial charge >= 0.3 is 0 Å². The Bertz CT molecular complexity index is 783. The van der Waals surface area contributed by atoms with E-state index < -0.39 is 0 Å². The molecule has 0 saturated heterocycles. The van der Waals surface area contributed by atoms with Crippen molar-refractivity contribution >= 4 is 22.8 Å². The van der Waals surface area contributed by atoms with Crippen molar-refractivity contribution in [1.29, 1.82) is 0 Å². The molecule has 0 bridgehead atoms. The Morgan fingerprint density at radius 3 is 2.81 bits per heavy atom. The van der Waals surface area contributed by atoms with E-state index >= 15 is 0 Å². The second-order valence-corrected chi connectivity index (χ2v) is 4.69. The lowest BCUT2D eigenvalue weighted by Crippen LogP contribution is -2.27. The van der Waals surface area contributed by atoms with Gasteiger partial charge in [-0.25, -0.2) is 9.97 Å². The second-order valence-electron chi connectivity index (χ2n) is 4.69. The van der Waals surface area contributed by atoms with Crippen molar-refractivity contribution in [2.45, 2.75) is 6.54 Å². The van der Waals surface area contributed by atoms with Crippen molar-refractivity contribution in [3.05, 3.63) is 54.1 Å². The molecule has 6 heteroatoms. The number of carbonyl (C=O) groups excluding carboxylic acids is 1. The maximum absolute atomic E-state index is 12.6. The van der Waals surface area contributed by atoms with Gasteiger partial charge in [0.15, 0.2) is 0 Å². The number of hydrogen-bond donors (Lipinski definition) is 1. The molecule has 3 aromatic rings. The van der Waals surface area contributed by atoms with Crippen LogP contribution in [0.2, 0.25) is 0 Å². The number of nitrogen functional groups attached to an aromatic ring is 1. The molecule has 0 saturated carbocycles. The van der Waals surface area contributed by atoms with Crippen LogP contribution in [0.15, 0.2) is 47.1 Å². The first-order valence-electron chi connectivity index (χ1n) is 6.45. The van der Waals surface area contributed by atoms with Crippen LogP contribution < -0.4 is 5.73 Å². The molecule has 21 heavy (non-hydrogen) atoms. The number of amides is 1. The van der Waals surface area contributed by atoms with Crippen molar-refractivity contribution < 1.29 is 9.21 Å². The Balaban J connectivity index is 1.97. The Morgan fingerprint density at radius 2 is 2.05 bits per heavy atom. The number of nitrogens with two attached hydrogens (primary N) is 1. The molecule has 0 spiro atoms. The SMILES string of the molecule is CN(Cc1ccco1)C(=O)c1nc(N)nc2ccccc12. The van der Waals surface area contributed by atoms with E-state index in [4.69, 9.17) is 10.2 Å². The number of rotatable bonds is 3. The van der Waals surface area contributed by atoms with Crippen LogP contribution in [0, 0.1) is 0 Å². The van der Waals surface area contributed by atoms with Crippen LogP contribution in [0.4, 0.5) is 5.95 Å². The highest BCUT2D eigenvalue weighted by Crippen LogP contribution is 2.18. The molecule has 0 aliphatic rings. The zero-order chi connectivity index (χ0) is 14.8. The summed E-state index contributed by atoms with van der Waals surface area (Å²) in [4.78, 5) is 22.3. The molecule has 1 amide bonds. The van der Waals surface area contributed by atoms with E-state index in [1.807, 2.05) is 24.3 Å². The maximum atomic E-state index is 12.6. The van der Waals surface area contributed by atoms with E-state index in [1.165, 1.54) is 4.90 Å². The van der Waals surface area contributed by atoms with Gasteiger partial charge in [0.2, 0.25) is 5.95 Å². The Kier molecular flexibility index (Phi) is 3.27. The number of furan rings is 1. The molecule has 2 aromatic heterocycles. The summed E-state index contributed by atoms with van der Waals surface area (Å²) in [6, 6.07) is 10.9. The number of anilines is 1. The lowest BCUT2D eigenvalue weighted by atomic mass is 10.1. The van der Waals surface area contributed by atoms with Crippen molar-refractivity contribution in [1.82, 2.24) is 14.9 Å². The second kappa shape index (κ2) is 5.24. The molecule has 0 atom stereocenters. The summed E-state index contributed by atoms with van der Waals surface area (Å²) in [6.07, 6.45) is 1.58. The molecule has 2 N–H and O–H groups in total. The van der Waals surface area contributed by atoms with Crippen LogP contribution in [0.25, 0.3) is 10.9 Å². The summed E-state index contributed by atoms with van der Waals surface area (Å²) in [6.45, 7) is 0.365. The van der Waals surface area contributed by atoms with Crippen LogP contribution in [0.5, 0.6) is 0 Å². The van der Waals surface area contributed by atoms with Crippen molar-refractivity contribution in [3.8, 4) is 0 Å². The molecule has 3 rings (SSSR count). The van der Waals surface area contributed by atoms with Crippen LogP contribution in [-0.4, -0.2) is 27.8 Å². The molecule has 0 aliphatic carbocycles. The fourth-order valence-corrected chi connectivity index (χ4v) is 2.15. The highest BCUT2D eigenvalue weighted by molar-refractivity contribution is 6.04. The summed E-state index contributed by atoms with van der Waals surface area (Å²) >= 11 is 0. The number of para-hydroxylation sites is 1. The fraction of sp³-hybridized carbons (Fsp3) is 0.133. The van der Waals surface area contributed by atoms with E-state index in [9.17, 15) is 4.79 Å². The first-order chi connectivity index (χ1) is 10.1. The number of aromatic nitrogens is 2. The third-order valence-electron chi connectivity index (χ3n) is 3.14. The summed E-state index contributed by atoms with van der Waals surface area (Å²) in [5.74, 6) is 0.567. The molecule has 1 aromatic carbocycles. The third-order valence-corrected chi connectivity index (χ3v) is 3.14. The van der Waals surface area contributed by atoms with Gasteiger partial charge in [-0.15, -0.1) is 0 Å². The van der Waals surface area contributed by atoms with Crippen molar-refractivity contribution in [2.24, 2.45) is 0 Å². The number of benzene rings is 1. The minimum atomic E-state index is -0.225. The molecular weight excluding hydrogens is 268 g/mol. The maximum Gasteiger partial charge on any atom is 0.273 e. The molecule has 0 aliphatic heterocycles. The summed E-state index contributed by atoms with van der Waals surface area (Å²) < 4.78 is 5.25. The molecule has 6 nitrogen and oxygen atoms in total. The number of nitrogens with zero attached hydrogens (tertiary/aromatic N) is 3. The number of carbonyl (C=O) groups is 1. The van der Waals surface area contributed by atoms with Crippen molar-refractivity contribution in [3.63, 3.8) is 0 Å². The standard InChI is InChI=1S/C15H14N4O2/c1-19(9-10-5-4-8-21-10)14(20)13-11-6-2-3-7-12(11)17-15(16)18-13/h2-8H,9H2,1H3,(H2,16,17,18). The topological polar surface area (TPSA) is 85.2 Å². The zero-order valence-corrected chi connectivity index (χ0v) is 11.5. The van der Waals surface area contributed by atoms with Crippen LogP contribution >= 0.6 is 0 Å². The molecule has 0 fully saturated rings. The lowest BCUT2D eigenvalue weighted by molar-refractivity contribution is 0.0772. The zero-order valence-electron chi connectivity index (χ0n) is 11.5. The van der Waals surface area contributed by atoms with Crippen LogP contribution in [0.3, 0.4) is 0 Å². The summed E-state index contributed by atoms with van der Waals surface area (Å²) in [5, 5.41) is 0.683. The van der Waals surface area contributed by atoms with Crippen molar-refractivity contribution in [2.75, 3.05) is 12.8 Å². The van der Waals surface area contributed by atoms with Crippen LogP contribution in [0.1, 0.15) is 16.2 Å². The smallest absolute Gasteiger partial charge is 0.273 e. The first-order valence-corrected chi connectivity index (χ1v) is 6.45. The van der Waals surface area contributed by atoms with Gasteiger partial charge in [-0.1, -0.05) is 18.2 Å². The highest BCUT2D eigenvalue weighted by Gasteiger charge is 2.18. The van der Waals surface area contributed by atoms with Crippen LogP contribution in [-0.2, 0) is 6.54 Å². The van der Waals surface area contributed by atoms with E-state index in [0.29, 0.717) is 28.9 Å². The molecule has 2 heterocycles. The predicted octanol–water partition coefficient (Wildman–Crippen LogP) is 2.08. The predicted molar refractivity (Wildman–Crippen MR) is 78.5 cm³/mol. The van der Waals surface area contributed by atoms with Gasteiger partial charge in [-0.3, -0.25) is 4.79 Å². The van der Waals surface area contributed by atoms with Gasteiger partial charge in [-0.2, -0.15) is 0 Å². The fourth-order valence-electron chi connectivity index (χ4n) is 2.15. The van der Waals surface area contributed by atoms with Gasteiger partial charge in [0.05, 0.1) is 18.3 Å². The van der Waals surface area contributed by atoms with Gasteiger partial charge in [0, 0.05) is 12.4 Å². The van der Waals surface area contributed by atoms with E-state index in [-0.39, 0.29) is 11.9 Å². The molecule has 0 radical (unpaired) electrons. The Morgan fingerprint density at radius 1 is 1.24 bits per heavy atom. The van der Waals surface area contributed by atoms with Gasteiger partial charge < -0.3 is 15.1 Å². The summed E-state index contributed by atoms with van der Waals surface area (Å²) in [7, 11) is 1.69. The van der Waals surface area contributed by atoms with E-state index in [1.54, 1.807) is 25.4 Å². The monoisotopic (exact) mass is 282 g/mol. The molecule has 0 unspecified atom stereocenters. The van der Waals surface area contributed by atoms with E-state index in [2.05, 4.69) is 9.97 Å². The average Bonchev–Trinajstić information content (AvgIpc) is 2.98. The summed E-state index contributed by atoms with van der Waals surface area (Å²) in [5.41, 5.74) is 6.64. The quantitative estimate of drug-likeness (QED) is 0.795. The first kappa shape index (κ1) is 13.1. The average molecular weight is 282 g/mol.